The first-order valence-corrected chi connectivity index (χ1v) is 6.66. The summed E-state index contributed by atoms with van der Waals surface area (Å²) in [5, 5.41) is 29.7. The first kappa shape index (κ1) is 12.9. The molecule has 2 aromatic heterocycles. The number of imidazole rings is 1. The molecule has 3 heterocycles. The van der Waals surface area contributed by atoms with E-state index in [1.54, 1.807) is 0 Å². The molecular formula is C12H15N5O4. The van der Waals surface area contributed by atoms with Crippen LogP contribution in [0.1, 0.15) is 12.6 Å². The Balaban J connectivity index is 1.75. The number of fused-ring (bicyclic) bond motifs is 1. The van der Waals surface area contributed by atoms with Gasteiger partial charge in [-0.3, -0.25) is 4.57 Å². The zero-order valence-electron chi connectivity index (χ0n) is 11.0. The summed E-state index contributed by atoms with van der Waals surface area (Å²) in [6, 6.07) is 0. The van der Waals surface area contributed by atoms with Crippen LogP contribution in [0.2, 0.25) is 0 Å². The van der Waals surface area contributed by atoms with Gasteiger partial charge in [0.15, 0.2) is 17.7 Å². The van der Waals surface area contributed by atoms with E-state index in [4.69, 9.17) is 10.5 Å². The van der Waals surface area contributed by atoms with Crippen molar-refractivity contribution in [3.8, 4) is 0 Å². The molecule has 5 atom stereocenters. The van der Waals surface area contributed by atoms with E-state index in [9.17, 15) is 15.3 Å². The molecule has 1 saturated heterocycles. The third-order valence-corrected chi connectivity index (χ3v) is 4.43. The summed E-state index contributed by atoms with van der Waals surface area (Å²) in [5.41, 5.74) is 5.69. The number of nitrogen functional groups attached to an aromatic ring is 1. The number of nitrogens with two attached hydrogens (primary N) is 1. The van der Waals surface area contributed by atoms with Gasteiger partial charge in [0.1, 0.15) is 29.7 Å². The van der Waals surface area contributed by atoms with Crippen LogP contribution in [-0.2, 0) is 4.74 Å². The molecule has 1 saturated carbocycles. The van der Waals surface area contributed by atoms with Crippen LogP contribution < -0.4 is 5.73 Å². The number of aromatic nitrogens is 4. The maximum atomic E-state index is 10.3. The molecule has 1 spiro atoms. The Bertz CT molecular complexity index is 706. The molecule has 2 aliphatic rings. The van der Waals surface area contributed by atoms with E-state index in [2.05, 4.69) is 15.0 Å². The second kappa shape index (κ2) is 4.10. The van der Waals surface area contributed by atoms with Crippen LogP contribution in [0.3, 0.4) is 0 Å². The number of hydrogen-bond donors (Lipinski definition) is 4. The smallest absolute Gasteiger partial charge is 0.167 e. The molecule has 0 aromatic carbocycles. The molecule has 0 amide bonds. The van der Waals surface area contributed by atoms with E-state index in [0.29, 0.717) is 17.6 Å². The fourth-order valence-corrected chi connectivity index (χ4v) is 3.14. The van der Waals surface area contributed by atoms with Gasteiger partial charge in [-0.15, -0.1) is 0 Å². The quantitative estimate of drug-likeness (QED) is 0.519. The summed E-state index contributed by atoms with van der Waals surface area (Å²) in [6.45, 7) is -0.0870. The number of anilines is 1. The van der Waals surface area contributed by atoms with Crippen LogP contribution in [0, 0.1) is 5.92 Å². The normalized spacial score (nSPS) is 38.4. The Morgan fingerprint density at radius 1 is 1.38 bits per heavy atom. The predicted molar refractivity (Wildman–Crippen MR) is 69.8 cm³/mol. The minimum atomic E-state index is -1.13. The van der Waals surface area contributed by atoms with Crippen molar-refractivity contribution in [2.45, 2.75) is 30.5 Å². The fraction of sp³-hybridized carbons (Fsp3) is 0.583. The molecule has 9 heteroatoms. The van der Waals surface area contributed by atoms with E-state index >= 15 is 0 Å². The van der Waals surface area contributed by atoms with Gasteiger partial charge in [0.2, 0.25) is 0 Å². The van der Waals surface area contributed by atoms with Gasteiger partial charge in [0.05, 0.1) is 6.33 Å². The van der Waals surface area contributed by atoms with Gasteiger partial charge in [-0.1, -0.05) is 0 Å². The predicted octanol–water partition coefficient (Wildman–Crippen LogP) is -1.59. The van der Waals surface area contributed by atoms with E-state index in [-0.39, 0.29) is 18.3 Å². The van der Waals surface area contributed by atoms with Crippen LogP contribution in [0.4, 0.5) is 5.82 Å². The molecule has 4 rings (SSSR count). The molecule has 9 nitrogen and oxygen atoms in total. The number of hydrogen-bond acceptors (Lipinski definition) is 8. The Morgan fingerprint density at radius 3 is 2.90 bits per heavy atom. The third kappa shape index (κ3) is 1.57. The molecule has 0 bridgehead atoms. The highest BCUT2D eigenvalue weighted by Gasteiger charge is 2.68. The average molecular weight is 293 g/mol. The fourth-order valence-electron chi connectivity index (χ4n) is 3.14. The summed E-state index contributed by atoms with van der Waals surface area (Å²) in [4.78, 5) is 12.1. The van der Waals surface area contributed by atoms with Crippen LogP contribution in [0.5, 0.6) is 0 Å². The maximum Gasteiger partial charge on any atom is 0.167 e. The number of aliphatic hydroxyl groups excluding tert-OH is 3. The summed E-state index contributed by atoms with van der Waals surface area (Å²) in [7, 11) is 0. The van der Waals surface area contributed by atoms with Crippen molar-refractivity contribution in [3.05, 3.63) is 12.7 Å². The lowest BCUT2D eigenvalue weighted by Crippen LogP contribution is -2.34. The van der Waals surface area contributed by atoms with Crippen molar-refractivity contribution in [2.24, 2.45) is 5.92 Å². The van der Waals surface area contributed by atoms with Gasteiger partial charge in [-0.05, 0) is 6.42 Å². The summed E-state index contributed by atoms with van der Waals surface area (Å²) in [6.07, 6.45) is 0.257. The molecule has 1 aliphatic heterocycles. The number of ether oxygens (including phenoxy) is 1. The zero-order chi connectivity index (χ0) is 14.8. The van der Waals surface area contributed by atoms with E-state index in [1.807, 2.05) is 0 Å². The summed E-state index contributed by atoms with van der Waals surface area (Å²) in [5.74, 6) is 0.0720. The molecule has 5 N–H and O–H groups in total. The van der Waals surface area contributed by atoms with Gasteiger partial charge < -0.3 is 25.8 Å². The van der Waals surface area contributed by atoms with E-state index in [0.717, 1.165) is 0 Å². The second-order valence-electron chi connectivity index (χ2n) is 5.57. The summed E-state index contributed by atoms with van der Waals surface area (Å²) < 4.78 is 7.37. The molecule has 2 aromatic rings. The highest BCUT2D eigenvalue weighted by Crippen LogP contribution is 2.57. The molecule has 0 radical (unpaired) electrons. The lowest BCUT2D eigenvalue weighted by Gasteiger charge is -2.16. The maximum absolute atomic E-state index is 10.3. The Labute approximate surface area is 119 Å². The Hall–Kier alpha value is -1.81. The van der Waals surface area contributed by atoms with Crippen molar-refractivity contribution in [2.75, 3.05) is 12.3 Å². The lowest BCUT2D eigenvalue weighted by molar-refractivity contribution is -0.0563. The molecule has 112 valence electrons. The minimum Gasteiger partial charge on any atom is -0.396 e. The molecule has 1 aliphatic carbocycles. The van der Waals surface area contributed by atoms with E-state index < -0.39 is 24.0 Å². The topological polar surface area (TPSA) is 140 Å². The molecular weight excluding hydrogens is 278 g/mol. The van der Waals surface area contributed by atoms with Crippen molar-refractivity contribution in [3.63, 3.8) is 0 Å². The van der Waals surface area contributed by atoms with Crippen molar-refractivity contribution >= 4 is 17.0 Å². The Morgan fingerprint density at radius 2 is 2.19 bits per heavy atom. The average Bonchev–Trinajstić information content (AvgIpc) is 2.94. The molecule has 2 unspecified atom stereocenters. The first-order valence-electron chi connectivity index (χ1n) is 6.66. The largest absolute Gasteiger partial charge is 0.396 e. The number of rotatable bonds is 2. The third-order valence-electron chi connectivity index (χ3n) is 4.43. The van der Waals surface area contributed by atoms with E-state index in [1.165, 1.54) is 17.2 Å². The monoisotopic (exact) mass is 293 g/mol. The van der Waals surface area contributed by atoms with Crippen LogP contribution in [0.25, 0.3) is 11.2 Å². The molecule has 2 fully saturated rings. The summed E-state index contributed by atoms with van der Waals surface area (Å²) >= 11 is 0. The van der Waals surface area contributed by atoms with Crippen LogP contribution >= 0.6 is 0 Å². The number of nitrogens with zero attached hydrogens (tertiary/aromatic N) is 4. The van der Waals surface area contributed by atoms with Crippen LogP contribution in [-0.4, -0.2) is 59.3 Å². The SMILES string of the molecule is Nc1ncnc2c1ncn2[C@@H]1O[C@@]2(C[C@@H]2CO)C(O)C1O. The first-order chi connectivity index (χ1) is 10.1. The van der Waals surface area contributed by atoms with Crippen LogP contribution in [0.15, 0.2) is 12.7 Å². The van der Waals surface area contributed by atoms with Crippen molar-refractivity contribution in [1.29, 1.82) is 0 Å². The standard InChI is InChI=1S/C12H15N5O4/c13-9-6-10(15-3-14-9)17(4-16-6)11-7(19)8(20)12(21-11)1-5(12)2-18/h3-5,7-8,11,18-20H,1-2H2,(H2,13,14,15)/t5-,7?,8?,11-,12-/m1/s1. The van der Waals surface area contributed by atoms with Crippen molar-refractivity contribution < 1.29 is 20.1 Å². The number of aliphatic hydroxyl groups is 3. The zero-order valence-corrected chi connectivity index (χ0v) is 11.0. The van der Waals surface area contributed by atoms with Gasteiger partial charge in [-0.25, -0.2) is 15.0 Å². The van der Waals surface area contributed by atoms with Gasteiger partial charge >= 0.3 is 0 Å². The minimum absolute atomic E-state index is 0.0870. The molecule has 21 heavy (non-hydrogen) atoms. The highest BCUT2D eigenvalue weighted by molar-refractivity contribution is 5.81. The second-order valence-corrected chi connectivity index (χ2v) is 5.57. The van der Waals surface area contributed by atoms with Gasteiger partial charge in [0.25, 0.3) is 0 Å². The Kier molecular flexibility index (Phi) is 2.52. The van der Waals surface area contributed by atoms with Crippen molar-refractivity contribution in [1.82, 2.24) is 19.5 Å². The van der Waals surface area contributed by atoms with Gasteiger partial charge in [-0.2, -0.15) is 0 Å². The van der Waals surface area contributed by atoms with Gasteiger partial charge in [0, 0.05) is 12.5 Å². The lowest BCUT2D eigenvalue weighted by atomic mass is 10.1. The highest BCUT2D eigenvalue weighted by atomic mass is 16.6.